The van der Waals surface area contributed by atoms with Crippen molar-refractivity contribution in [2.75, 3.05) is 26.7 Å². The number of aromatic hydroxyl groups is 1. The van der Waals surface area contributed by atoms with Crippen LogP contribution in [0, 0.1) is 17.7 Å². The van der Waals surface area contributed by atoms with Crippen molar-refractivity contribution in [2.45, 2.75) is 6.04 Å². The predicted octanol–water partition coefficient (Wildman–Crippen LogP) is 4.30. The molecule has 2 aliphatic rings. The zero-order valence-electron chi connectivity index (χ0n) is 16.9. The molecule has 3 heterocycles. The largest absolute Gasteiger partial charge is 0.506 e. The molecule has 5 nitrogen and oxygen atoms in total. The van der Waals surface area contributed by atoms with Crippen molar-refractivity contribution in [2.24, 2.45) is 11.8 Å². The summed E-state index contributed by atoms with van der Waals surface area (Å²) in [4.78, 5) is 21.3. The van der Waals surface area contributed by atoms with Gasteiger partial charge in [0.25, 0.3) is 5.91 Å². The first-order valence-electron chi connectivity index (χ1n) is 9.83. The van der Waals surface area contributed by atoms with Gasteiger partial charge in [-0.3, -0.25) is 14.7 Å². The van der Waals surface area contributed by atoms with E-state index in [9.17, 15) is 14.3 Å². The number of aromatic nitrogens is 1. The molecule has 164 valence electrons. The molecular weight excluding hydrogens is 440 g/mol. The van der Waals surface area contributed by atoms with Gasteiger partial charge in [-0.1, -0.05) is 18.2 Å². The Bertz CT molecular complexity index is 1110. The highest BCUT2D eigenvalue weighted by molar-refractivity contribution is 6.03. The van der Waals surface area contributed by atoms with Crippen LogP contribution in [0.5, 0.6) is 5.75 Å². The van der Waals surface area contributed by atoms with E-state index in [1.165, 1.54) is 6.07 Å². The van der Waals surface area contributed by atoms with Crippen molar-refractivity contribution in [3.8, 4) is 5.75 Å². The van der Waals surface area contributed by atoms with Crippen LogP contribution in [-0.2, 0) is 0 Å². The fraction of sp³-hybridized carbons (Fsp3) is 0.304. The summed E-state index contributed by atoms with van der Waals surface area (Å²) in [6.45, 7) is 2.11. The number of hydrogen-bond donors (Lipinski definition) is 1. The second-order valence-electron chi connectivity index (χ2n) is 8.13. The summed E-state index contributed by atoms with van der Waals surface area (Å²) < 4.78 is 13.8. The fourth-order valence-electron chi connectivity index (χ4n) is 5.11. The summed E-state index contributed by atoms with van der Waals surface area (Å²) >= 11 is 0. The molecule has 3 aromatic rings. The second kappa shape index (κ2) is 8.99. The number of nitrogens with zero attached hydrogens (tertiary/aromatic N) is 3. The van der Waals surface area contributed by atoms with E-state index in [0.29, 0.717) is 30.0 Å². The summed E-state index contributed by atoms with van der Waals surface area (Å²) in [5.74, 6) is 0.199. The van der Waals surface area contributed by atoms with Gasteiger partial charge in [-0.2, -0.15) is 0 Å². The number of fused-ring (bicyclic) bond motifs is 2. The Labute approximate surface area is 192 Å². The van der Waals surface area contributed by atoms with Crippen molar-refractivity contribution >= 4 is 41.5 Å². The van der Waals surface area contributed by atoms with E-state index in [0.717, 1.165) is 17.5 Å². The van der Waals surface area contributed by atoms with Crippen LogP contribution < -0.4 is 0 Å². The van der Waals surface area contributed by atoms with Crippen LogP contribution in [0.2, 0.25) is 0 Å². The number of carbonyl (C=O) groups excluding carboxylic acids is 1. The smallest absolute Gasteiger partial charge is 0.257 e. The van der Waals surface area contributed by atoms with E-state index in [1.54, 1.807) is 36.7 Å². The molecule has 3 atom stereocenters. The van der Waals surface area contributed by atoms with E-state index in [1.807, 2.05) is 17.0 Å². The van der Waals surface area contributed by atoms with Gasteiger partial charge in [0.15, 0.2) is 0 Å². The van der Waals surface area contributed by atoms with Crippen molar-refractivity contribution in [1.29, 1.82) is 0 Å². The highest BCUT2D eigenvalue weighted by Crippen LogP contribution is 2.44. The van der Waals surface area contributed by atoms with Crippen LogP contribution in [-0.4, -0.2) is 52.5 Å². The Hall–Kier alpha value is -2.41. The summed E-state index contributed by atoms with van der Waals surface area (Å²) in [5.41, 5.74) is 1.27. The second-order valence-corrected chi connectivity index (χ2v) is 8.13. The molecule has 1 aromatic heterocycles. The molecule has 2 saturated heterocycles. The van der Waals surface area contributed by atoms with Gasteiger partial charge in [0, 0.05) is 54.8 Å². The van der Waals surface area contributed by atoms with Gasteiger partial charge < -0.3 is 10.0 Å². The minimum Gasteiger partial charge on any atom is -0.506 e. The standard InChI is InChI=1S/C23H22FN3O2.2ClH/c1-26-11-16-12-27(13-20(16)21(26)14-3-2-4-17(24)9-14)23(29)19-6-5-15-10-25-8-7-18(15)22(19)28;;/h2-10,16,20-21,28H,11-13H2,1H3;2*1H/t16-,20+,21-;;/m0../s1. The van der Waals surface area contributed by atoms with Crippen LogP contribution in [0.1, 0.15) is 22.0 Å². The van der Waals surface area contributed by atoms with Crippen LogP contribution in [0.15, 0.2) is 54.9 Å². The highest BCUT2D eigenvalue weighted by Gasteiger charge is 2.47. The van der Waals surface area contributed by atoms with Crippen LogP contribution >= 0.6 is 24.8 Å². The first kappa shape index (κ1) is 23.3. The SMILES string of the molecule is CN1C[C@H]2CN(C(=O)c3ccc4cnccc4c3O)C[C@H]2[C@@H]1c1cccc(F)c1.Cl.Cl. The zero-order valence-corrected chi connectivity index (χ0v) is 18.6. The molecule has 0 bridgehead atoms. The maximum Gasteiger partial charge on any atom is 0.257 e. The molecule has 2 fully saturated rings. The van der Waals surface area contributed by atoms with E-state index >= 15 is 0 Å². The lowest BCUT2D eigenvalue weighted by atomic mass is 9.89. The molecule has 0 unspecified atom stereocenters. The van der Waals surface area contributed by atoms with Crippen molar-refractivity contribution in [3.63, 3.8) is 0 Å². The number of carbonyl (C=O) groups is 1. The number of pyridine rings is 1. The normalized spacial score (nSPS) is 22.6. The first-order valence-corrected chi connectivity index (χ1v) is 9.83. The lowest BCUT2D eigenvalue weighted by molar-refractivity contribution is 0.0765. The Morgan fingerprint density at radius 2 is 1.94 bits per heavy atom. The fourth-order valence-corrected chi connectivity index (χ4v) is 5.11. The van der Waals surface area contributed by atoms with Crippen molar-refractivity contribution in [3.05, 3.63) is 71.8 Å². The molecule has 31 heavy (non-hydrogen) atoms. The predicted molar refractivity (Wildman–Crippen MR) is 123 cm³/mol. The number of rotatable bonds is 2. The minimum atomic E-state index is -0.235. The van der Waals surface area contributed by atoms with E-state index in [2.05, 4.69) is 16.9 Å². The summed E-state index contributed by atoms with van der Waals surface area (Å²) in [6.07, 6.45) is 3.28. The minimum absolute atomic E-state index is 0. The molecule has 0 spiro atoms. The Kier molecular flexibility index (Phi) is 6.74. The van der Waals surface area contributed by atoms with Gasteiger partial charge in [0.05, 0.1) is 5.56 Å². The number of benzene rings is 2. The molecule has 0 radical (unpaired) electrons. The van der Waals surface area contributed by atoms with Crippen molar-refractivity contribution in [1.82, 2.24) is 14.8 Å². The van der Waals surface area contributed by atoms with Gasteiger partial charge in [0.2, 0.25) is 0 Å². The van der Waals surface area contributed by atoms with Crippen molar-refractivity contribution < 1.29 is 14.3 Å². The van der Waals surface area contributed by atoms with Gasteiger partial charge >= 0.3 is 0 Å². The summed E-state index contributed by atoms with van der Waals surface area (Å²) in [6, 6.07) is 12.0. The molecule has 1 amide bonds. The number of phenols is 1. The van der Waals surface area contributed by atoms with E-state index in [4.69, 9.17) is 0 Å². The molecule has 5 rings (SSSR count). The first-order chi connectivity index (χ1) is 14.0. The van der Waals surface area contributed by atoms with Gasteiger partial charge in [-0.15, -0.1) is 24.8 Å². The summed E-state index contributed by atoms with van der Waals surface area (Å²) in [7, 11) is 2.06. The Morgan fingerprint density at radius 3 is 2.71 bits per heavy atom. The quantitative estimate of drug-likeness (QED) is 0.615. The molecular formula is C23H24Cl2FN3O2. The Balaban J connectivity index is 0.00000136. The number of hydrogen-bond acceptors (Lipinski definition) is 4. The molecule has 2 aromatic carbocycles. The maximum atomic E-state index is 13.8. The number of amides is 1. The number of likely N-dealkylation sites (tertiary alicyclic amines) is 2. The third-order valence-electron chi connectivity index (χ3n) is 6.39. The van der Waals surface area contributed by atoms with E-state index < -0.39 is 0 Å². The molecule has 8 heteroatoms. The third-order valence-corrected chi connectivity index (χ3v) is 6.39. The monoisotopic (exact) mass is 463 g/mol. The van der Waals surface area contributed by atoms with Gasteiger partial charge in [0.1, 0.15) is 11.6 Å². The molecule has 1 N–H and O–H groups in total. The maximum absolute atomic E-state index is 13.8. The Morgan fingerprint density at radius 1 is 1.13 bits per heavy atom. The third kappa shape index (κ3) is 3.95. The van der Waals surface area contributed by atoms with Crippen LogP contribution in [0.4, 0.5) is 4.39 Å². The van der Waals surface area contributed by atoms with Gasteiger partial charge in [-0.05, 0) is 42.8 Å². The van der Waals surface area contributed by atoms with Crippen LogP contribution in [0.25, 0.3) is 10.8 Å². The molecule has 2 aliphatic heterocycles. The molecule has 0 aliphatic carbocycles. The zero-order chi connectivity index (χ0) is 20.1. The highest BCUT2D eigenvalue weighted by atomic mass is 35.5. The van der Waals surface area contributed by atoms with Crippen LogP contribution in [0.3, 0.4) is 0 Å². The molecule has 0 saturated carbocycles. The summed E-state index contributed by atoms with van der Waals surface area (Å²) in [5, 5.41) is 12.1. The van der Waals surface area contributed by atoms with E-state index in [-0.39, 0.29) is 54.2 Å². The topological polar surface area (TPSA) is 56.7 Å². The van der Waals surface area contributed by atoms with Gasteiger partial charge in [-0.25, -0.2) is 4.39 Å². The lowest BCUT2D eigenvalue weighted by Gasteiger charge is -2.27. The average Bonchev–Trinajstić information content (AvgIpc) is 3.24. The number of halogens is 3. The lowest BCUT2D eigenvalue weighted by Crippen LogP contribution is -2.33. The number of phenolic OH excluding ortho intramolecular Hbond substituents is 1. The average molecular weight is 464 g/mol.